The molecule has 5 nitrogen and oxygen atoms in total. The van der Waals surface area contributed by atoms with Gasteiger partial charge >= 0.3 is 5.97 Å². The average Bonchev–Trinajstić information content (AvgIpc) is 2.10. The van der Waals surface area contributed by atoms with Gasteiger partial charge in [-0.25, -0.2) is 0 Å². The zero-order chi connectivity index (χ0) is 13.6. The van der Waals surface area contributed by atoms with Gasteiger partial charge in [0, 0.05) is 6.54 Å². The number of carboxylic acid groups (broad SMARTS) is 1. The molecule has 17 heavy (non-hydrogen) atoms. The van der Waals surface area contributed by atoms with Crippen LogP contribution < -0.4 is 0 Å². The van der Waals surface area contributed by atoms with E-state index < -0.39 is 11.6 Å². The molecule has 0 unspecified atom stereocenters. The van der Waals surface area contributed by atoms with Crippen LogP contribution in [0, 0.1) is 5.92 Å². The fourth-order valence-electron chi connectivity index (χ4n) is 1.23. The Morgan fingerprint density at radius 1 is 1.29 bits per heavy atom. The van der Waals surface area contributed by atoms with Gasteiger partial charge in [0.25, 0.3) is 0 Å². The average molecular weight is 245 g/mol. The SMILES string of the molecule is CC(C)CN(CC(=O)O)C(=O)COC(C)(C)C. The summed E-state index contributed by atoms with van der Waals surface area (Å²) in [7, 11) is 0. The van der Waals surface area contributed by atoms with E-state index in [-0.39, 0.29) is 25.0 Å². The van der Waals surface area contributed by atoms with E-state index >= 15 is 0 Å². The Kier molecular flexibility index (Phi) is 6.16. The highest BCUT2D eigenvalue weighted by atomic mass is 16.5. The number of ether oxygens (including phenoxy) is 1. The lowest BCUT2D eigenvalue weighted by molar-refractivity contribution is -0.149. The summed E-state index contributed by atoms with van der Waals surface area (Å²) in [4.78, 5) is 23.8. The Labute approximate surface area is 103 Å². The molecule has 0 aliphatic rings. The third kappa shape index (κ3) is 8.68. The molecule has 0 bridgehead atoms. The van der Waals surface area contributed by atoms with Crippen molar-refractivity contribution >= 4 is 11.9 Å². The third-order valence-corrected chi connectivity index (χ3v) is 1.89. The lowest BCUT2D eigenvalue weighted by Crippen LogP contribution is -2.41. The van der Waals surface area contributed by atoms with Crippen molar-refractivity contribution in [3.63, 3.8) is 0 Å². The number of carbonyl (C=O) groups excluding carboxylic acids is 1. The summed E-state index contributed by atoms with van der Waals surface area (Å²) in [5, 5.41) is 8.74. The first-order chi connectivity index (χ1) is 7.61. The summed E-state index contributed by atoms with van der Waals surface area (Å²) in [6, 6.07) is 0. The van der Waals surface area contributed by atoms with E-state index in [9.17, 15) is 9.59 Å². The molecule has 0 aliphatic carbocycles. The molecule has 0 spiro atoms. The highest BCUT2D eigenvalue weighted by Crippen LogP contribution is 2.07. The van der Waals surface area contributed by atoms with Crippen LogP contribution in [0.25, 0.3) is 0 Å². The van der Waals surface area contributed by atoms with Crippen molar-refractivity contribution in [2.75, 3.05) is 19.7 Å². The molecule has 5 heteroatoms. The molecule has 0 fully saturated rings. The van der Waals surface area contributed by atoms with Crippen molar-refractivity contribution in [3.8, 4) is 0 Å². The van der Waals surface area contributed by atoms with Crippen molar-refractivity contribution in [2.24, 2.45) is 5.92 Å². The fourth-order valence-corrected chi connectivity index (χ4v) is 1.23. The molecule has 100 valence electrons. The topological polar surface area (TPSA) is 66.8 Å². The number of hydrogen-bond acceptors (Lipinski definition) is 3. The number of aliphatic carboxylic acids is 1. The molecule has 1 N–H and O–H groups in total. The van der Waals surface area contributed by atoms with Gasteiger partial charge in [-0.3, -0.25) is 9.59 Å². The van der Waals surface area contributed by atoms with Crippen LogP contribution in [0.3, 0.4) is 0 Å². The highest BCUT2D eigenvalue weighted by molar-refractivity contribution is 5.82. The minimum Gasteiger partial charge on any atom is -0.480 e. The number of carbonyl (C=O) groups is 2. The first-order valence-electron chi connectivity index (χ1n) is 5.75. The highest BCUT2D eigenvalue weighted by Gasteiger charge is 2.20. The number of nitrogens with zero attached hydrogens (tertiary/aromatic N) is 1. The van der Waals surface area contributed by atoms with E-state index in [1.165, 1.54) is 4.90 Å². The van der Waals surface area contributed by atoms with Crippen LogP contribution >= 0.6 is 0 Å². The van der Waals surface area contributed by atoms with Crippen molar-refractivity contribution in [2.45, 2.75) is 40.2 Å². The normalized spacial score (nSPS) is 11.6. The molecule has 0 rings (SSSR count). The monoisotopic (exact) mass is 245 g/mol. The minimum atomic E-state index is -1.00. The van der Waals surface area contributed by atoms with Crippen molar-refractivity contribution in [1.29, 1.82) is 0 Å². The smallest absolute Gasteiger partial charge is 0.323 e. The second-order valence-corrected chi connectivity index (χ2v) is 5.46. The molecule has 0 heterocycles. The molecule has 0 radical (unpaired) electrons. The molecule has 0 aromatic heterocycles. The minimum absolute atomic E-state index is 0.0799. The first-order valence-corrected chi connectivity index (χ1v) is 5.75. The van der Waals surface area contributed by atoms with E-state index in [4.69, 9.17) is 9.84 Å². The maximum absolute atomic E-state index is 11.8. The summed E-state index contributed by atoms with van der Waals surface area (Å²) >= 11 is 0. The zero-order valence-corrected chi connectivity index (χ0v) is 11.3. The van der Waals surface area contributed by atoms with Gasteiger partial charge in [-0.15, -0.1) is 0 Å². The van der Waals surface area contributed by atoms with Crippen LogP contribution in [-0.4, -0.2) is 47.2 Å². The maximum atomic E-state index is 11.8. The molecule has 0 saturated carbocycles. The van der Waals surface area contributed by atoms with Gasteiger partial charge in [-0.05, 0) is 26.7 Å². The number of hydrogen-bond donors (Lipinski definition) is 1. The second kappa shape index (κ2) is 6.59. The summed E-state index contributed by atoms with van der Waals surface area (Å²) in [6.45, 7) is 9.50. The predicted octanol–water partition coefficient (Wildman–Crippen LogP) is 1.37. The van der Waals surface area contributed by atoms with Gasteiger partial charge in [-0.2, -0.15) is 0 Å². The molecule has 0 atom stereocenters. The summed E-state index contributed by atoms with van der Waals surface area (Å²) in [6.07, 6.45) is 0. The molecule has 0 aromatic rings. The van der Waals surface area contributed by atoms with Gasteiger partial charge in [0.1, 0.15) is 13.2 Å². The summed E-state index contributed by atoms with van der Waals surface area (Å²) in [5.41, 5.74) is -0.400. The molecule has 0 aliphatic heterocycles. The number of amides is 1. The quantitative estimate of drug-likeness (QED) is 0.767. The Morgan fingerprint density at radius 3 is 2.18 bits per heavy atom. The van der Waals surface area contributed by atoms with Crippen molar-refractivity contribution < 1.29 is 19.4 Å². The maximum Gasteiger partial charge on any atom is 0.323 e. The van der Waals surface area contributed by atoms with E-state index in [0.717, 1.165) is 0 Å². The van der Waals surface area contributed by atoms with E-state index in [1.54, 1.807) is 0 Å². The van der Waals surface area contributed by atoms with Gasteiger partial charge in [-0.1, -0.05) is 13.8 Å². The fraction of sp³-hybridized carbons (Fsp3) is 0.833. The van der Waals surface area contributed by atoms with Gasteiger partial charge < -0.3 is 14.7 Å². The standard InChI is InChI=1S/C12H23NO4/c1-9(2)6-13(7-11(15)16)10(14)8-17-12(3,4)5/h9H,6-8H2,1-5H3,(H,15,16). The molecule has 0 saturated heterocycles. The zero-order valence-electron chi connectivity index (χ0n) is 11.3. The summed E-state index contributed by atoms with van der Waals surface area (Å²) < 4.78 is 5.35. The number of rotatable bonds is 6. The Bertz CT molecular complexity index is 268. The van der Waals surface area contributed by atoms with Crippen LogP contribution in [0.1, 0.15) is 34.6 Å². The van der Waals surface area contributed by atoms with Crippen LogP contribution in [0.2, 0.25) is 0 Å². The van der Waals surface area contributed by atoms with Gasteiger partial charge in [0.05, 0.1) is 5.60 Å². The first kappa shape index (κ1) is 15.9. The Balaban J connectivity index is 4.37. The molecular formula is C12H23NO4. The Hall–Kier alpha value is -1.10. The van der Waals surface area contributed by atoms with Crippen LogP contribution in [-0.2, 0) is 14.3 Å². The van der Waals surface area contributed by atoms with Crippen molar-refractivity contribution in [1.82, 2.24) is 4.90 Å². The van der Waals surface area contributed by atoms with Crippen LogP contribution in [0.15, 0.2) is 0 Å². The Morgan fingerprint density at radius 2 is 1.82 bits per heavy atom. The lowest BCUT2D eigenvalue weighted by atomic mass is 10.2. The van der Waals surface area contributed by atoms with Crippen LogP contribution in [0.5, 0.6) is 0 Å². The van der Waals surface area contributed by atoms with Crippen LogP contribution in [0.4, 0.5) is 0 Å². The van der Waals surface area contributed by atoms with E-state index in [1.807, 2.05) is 34.6 Å². The molecule has 0 aromatic carbocycles. The lowest BCUT2D eigenvalue weighted by Gasteiger charge is -2.25. The number of carboxylic acids is 1. The third-order valence-electron chi connectivity index (χ3n) is 1.89. The second-order valence-electron chi connectivity index (χ2n) is 5.46. The largest absolute Gasteiger partial charge is 0.480 e. The van der Waals surface area contributed by atoms with Gasteiger partial charge in [0.15, 0.2) is 0 Å². The van der Waals surface area contributed by atoms with E-state index in [0.29, 0.717) is 6.54 Å². The van der Waals surface area contributed by atoms with E-state index in [2.05, 4.69) is 0 Å². The molecule has 1 amide bonds. The van der Waals surface area contributed by atoms with Gasteiger partial charge in [0.2, 0.25) is 5.91 Å². The van der Waals surface area contributed by atoms with Crippen molar-refractivity contribution in [3.05, 3.63) is 0 Å². The summed E-state index contributed by atoms with van der Waals surface area (Å²) in [5.74, 6) is -1.06. The molecular weight excluding hydrogens is 222 g/mol. The predicted molar refractivity (Wildman–Crippen MR) is 64.8 cm³/mol.